The third-order valence-corrected chi connectivity index (χ3v) is 9.74. The summed E-state index contributed by atoms with van der Waals surface area (Å²) in [5, 5.41) is 5.63. The zero-order valence-electron chi connectivity index (χ0n) is 25.7. The number of hydrogen-bond donors (Lipinski definition) is 2. The maximum absolute atomic E-state index is 12.9. The number of fused-ring (bicyclic) bond motifs is 1. The van der Waals surface area contributed by atoms with E-state index >= 15 is 0 Å². The Balaban J connectivity index is 0.00000451. The second-order valence-corrected chi connectivity index (χ2v) is 13.9. The molecule has 0 saturated heterocycles. The molecule has 2 N–H and O–H groups in total. The number of carbonyl (C=O) groups excluding carboxylic acids is 2. The number of thioether (sulfide) groups is 1. The molecule has 0 spiro atoms. The van der Waals surface area contributed by atoms with Gasteiger partial charge in [0, 0.05) is 11.3 Å². The zero-order valence-corrected chi connectivity index (χ0v) is 27.3. The van der Waals surface area contributed by atoms with Crippen LogP contribution in [0.2, 0.25) is 0 Å². The molecule has 0 fully saturated rings. The number of nitrogens with zero attached hydrogens (tertiary/aromatic N) is 1. The number of nitrogens with one attached hydrogen (secondary N) is 2. The molecule has 0 saturated carbocycles. The van der Waals surface area contributed by atoms with Gasteiger partial charge in [0.1, 0.15) is 12.4 Å². The number of ether oxygens (including phenoxy) is 1. The van der Waals surface area contributed by atoms with Crippen LogP contribution in [0.3, 0.4) is 0 Å². The van der Waals surface area contributed by atoms with Crippen LogP contribution in [0.1, 0.15) is 27.8 Å². The van der Waals surface area contributed by atoms with Crippen molar-refractivity contribution in [2.75, 3.05) is 5.32 Å². The minimum atomic E-state index is -3.96. The summed E-state index contributed by atoms with van der Waals surface area (Å²) in [6.45, 7) is 4.28. The number of aryl methyl sites for hydroxylation is 2. The summed E-state index contributed by atoms with van der Waals surface area (Å²) >= 11 is 1.22. The van der Waals surface area contributed by atoms with E-state index < -0.39 is 15.9 Å². The van der Waals surface area contributed by atoms with Crippen LogP contribution < -0.4 is 14.8 Å². The fraction of sp³-hybridized carbons (Fsp3) is 0.108. The molecule has 5 aromatic rings. The molecule has 8 nitrogen and oxygen atoms in total. The van der Waals surface area contributed by atoms with Gasteiger partial charge in [0.2, 0.25) is 5.91 Å². The Morgan fingerprint density at radius 2 is 1.44 bits per heavy atom. The number of amides is 2. The topological polar surface area (TPSA) is 114 Å². The molecular formula is C37H32N3NaO5S2. The molecule has 2 amide bonds. The normalized spacial score (nSPS) is 13.6. The fourth-order valence-corrected chi connectivity index (χ4v) is 6.71. The van der Waals surface area contributed by atoms with E-state index in [1.807, 2.05) is 74.5 Å². The molecule has 0 atom stereocenters. The van der Waals surface area contributed by atoms with E-state index in [-0.39, 0.29) is 46.8 Å². The van der Waals surface area contributed by atoms with Crippen LogP contribution in [0.15, 0.2) is 124 Å². The van der Waals surface area contributed by atoms with Crippen molar-refractivity contribution in [3.05, 3.63) is 142 Å². The SMILES string of the molecule is Cc1ccc(COc2cc3ccccc3cc2C=C2SC(Nc3ccc(CC(=O)NS(=O)(=O)c4ccc(C)cc4)cc3)=NC2=O)cc1.[NaH]. The second kappa shape index (κ2) is 15.4. The molecule has 5 aromatic carbocycles. The van der Waals surface area contributed by atoms with Crippen molar-refractivity contribution in [2.24, 2.45) is 4.99 Å². The van der Waals surface area contributed by atoms with Gasteiger partial charge in [-0.05, 0) is 90.0 Å². The van der Waals surface area contributed by atoms with E-state index in [9.17, 15) is 18.0 Å². The van der Waals surface area contributed by atoms with E-state index in [0.29, 0.717) is 33.7 Å². The van der Waals surface area contributed by atoms with Gasteiger partial charge in [0.15, 0.2) is 5.17 Å². The van der Waals surface area contributed by atoms with E-state index in [4.69, 9.17) is 4.74 Å². The van der Waals surface area contributed by atoms with Gasteiger partial charge in [-0.3, -0.25) is 9.59 Å². The summed E-state index contributed by atoms with van der Waals surface area (Å²) in [7, 11) is -3.96. The Hall–Kier alpha value is -4.19. The van der Waals surface area contributed by atoms with E-state index in [0.717, 1.165) is 27.5 Å². The van der Waals surface area contributed by atoms with Gasteiger partial charge in [-0.1, -0.05) is 83.9 Å². The number of aliphatic imine (C=N–C) groups is 1. The first-order valence-electron chi connectivity index (χ1n) is 14.8. The van der Waals surface area contributed by atoms with Gasteiger partial charge in [0.05, 0.1) is 16.2 Å². The Morgan fingerprint density at radius 1 is 0.833 bits per heavy atom. The van der Waals surface area contributed by atoms with Crippen LogP contribution in [-0.2, 0) is 32.6 Å². The van der Waals surface area contributed by atoms with Crippen LogP contribution in [-0.4, -0.2) is 55.0 Å². The molecule has 1 heterocycles. The Kier molecular flexibility index (Phi) is 11.2. The number of anilines is 1. The molecule has 0 bridgehead atoms. The summed E-state index contributed by atoms with van der Waals surface area (Å²) in [6, 6.07) is 33.3. The molecule has 1 aliphatic heterocycles. The maximum atomic E-state index is 12.9. The molecule has 0 aliphatic carbocycles. The van der Waals surface area contributed by atoms with Crippen molar-refractivity contribution in [3.63, 3.8) is 0 Å². The third kappa shape index (κ3) is 8.83. The van der Waals surface area contributed by atoms with Crippen molar-refractivity contribution >= 4 is 90.9 Å². The zero-order chi connectivity index (χ0) is 33.0. The molecule has 11 heteroatoms. The first-order chi connectivity index (χ1) is 22.6. The first kappa shape index (κ1) is 35.1. The van der Waals surface area contributed by atoms with Crippen LogP contribution in [0.4, 0.5) is 5.69 Å². The molecule has 0 radical (unpaired) electrons. The van der Waals surface area contributed by atoms with Crippen LogP contribution >= 0.6 is 11.8 Å². The van der Waals surface area contributed by atoms with Crippen molar-refractivity contribution in [3.8, 4) is 5.75 Å². The van der Waals surface area contributed by atoms with Gasteiger partial charge >= 0.3 is 29.6 Å². The molecule has 6 rings (SSSR count). The van der Waals surface area contributed by atoms with Gasteiger partial charge in [0.25, 0.3) is 15.9 Å². The van der Waals surface area contributed by atoms with E-state index in [2.05, 4.69) is 15.0 Å². The molecule has 1 aliphatic rings. The quantitative estimate of drug-likeness (QED) is 0.134. The van der Waals surface area contributed by atoms with Gasteiger partial charge in [-0.2, -0.15) is 4.99 Å². The second-order valence-electron chi connectivity index (χ2n) is 11.2. The Bertz CT molecular complexity index is 2150. The van der Waals surface area contributed by atoms with Crippen molar-refractivity contribution in [1.29, 1.82) is 0 Å². The summed E-state index contributed by atoms with van der Waals surface area (Å²) in [5.74, 6) is -0.339. The summed E-state index contributed by atoms with van der Waals surface area (Å²) in [5.41, 5.74) is 5.20. The monoisotopic (exact) mass is 685 g/mol. The van der Waals surface area contributed by atoms with Crippen molar-refractivity contribution in [1.82, 2.24) is 4.72 Å². The number of carbonyl (C=O) groups is 2. The molecular weight excluding hydrogens is 654 g/mol. The molecule has 0 unspecified atom stereocenters. The fourth-order valence-electron chi connectivity index (χ4n) is 4.90. The van der Waals surface area contributed by atoms with E-state index in [1.54, 1.807) is 42.5 Å². The number of amidine groups is 1. The standard InChI is InChI=1S/C37H31N3O5S2.Na.H/c1-24-7-11-27(12-8-24)23-45-33-21-29-6-4-3-5-28(29)20-30(33)22-34-36(42)39-37(46-34)38-31-15-13-26(14-16-31)19-35(41)40-47(43,44)32-17-9-25(2)10-18-32;;/h3-18,20-22H,19,23H2,1-2H3,(H,40,41)(H,38,39,42);;. The number of sulfonamides is 1. The predicted octanol–water partition coefficient (Wildman–Crippen LogP) is 6.52. The number of rotatable bonds is 9. The van der Waals surface area contributed by atoms with Gasteiger partial charge < -0.3 is 10.1 Å². The van der Waals surface area contributed by atoms with Gasteiger partial charge in [-0.15, -0.1) is 0 Å². The summed E-state index contributed by atoms with van der Waals surface area (Å²) in [4.78, 5) is 30.1. The van der Waals surface area contributed by atoms with Gasteiger partial charge in [-0.25, -0.2) is 13.1 Å². The van der Waals surface area contributed by atoms with Crippen molar-refractivity contribution in [2.45, 2.75) is 31.8 Å². The van der Waals surface area contributed by atoms with Crippen LogP contribution in [0.25, 0.3) is 16.8 Å². The van der Waals surface area contributed by atoms with Crippen LogP contribution in [0.5, 0.6) is 5.75 Å². The van der Waals surface area contributed by atoms with Crippen molar-refractivity contribution < 1.29 is 22.7 Å². The van der Waals surface area contributed by atoms with E-state index in [1.165, 1.54) is 29.5 Å². The predicted molar refractivity (Wildman–Crippen MR) is 195 cm³/mol. The molecule has 0 aromatic heterocycles. The molecule has 48 heavy (non-hydrogen) atoms. The average molecular weight is 686 g/mol. The number of benzene rings is 5. The summed E-state index contributed by atoms with van der Waals surface area (Å²) < 4.78 is 33.5. The molecule has 238 valence electrons. The number of hydrogen-bond acceptors (Lipinski definition) is 7. The Morgan fingerprint density at radius 3 is 2.10 bits per heavy atom. The average Bonchev–Trinajstić information content (AvgIpc) is 3.39. The first-order valence-corrected chi connectivity index (χ1v) is 17.1. The van der Waals surface area contributed by atoms with Crippen LogP contribution in [0, 0.1) is 13.8 Å². The Labute approximate surface area is 306 Å². The minimum absolute atomic E-state index is 0. The third-order valence-electron chi connectivity index (χ3n) is 7.45. The summed E-state index contributed by atoms with van der Waals surface area (Å²) in [6.07, 6.45) is 1.68.